The number of aromatic amines is 1. The second-order valence-electron chi connectivity index (χ2n) is 6.96. The summed E-state index contributed by atoms with van der Waals surface area (Å²) in [7, 11) is 0. The minimum atomic E-state index is -0.231. The summed E-state index contributed by atoms with van der Waals surface area (Å²) in [5.74, 6) is 0.517. The molecule has 0 aliphatic carbocycles. The van der Waals surface area contributed by atoms with E-state index in [4.69, 9.17) is 0 Å². The number of halogens is 1. The van der Waals surface area contributed by atoms with Crippen molar-refractivity contribution in [1.82, 2.24) is 25.4 Å². The summed E-state index contributed by atoms with van der Waals surface area (Å²) in [5.41, 5.74) is 3.89. The zero-order valence-corrected chi connectivity index (χ0v) is 16.9. The first kappa shape index (κ1) is 19.7. The number of rotatable bonds is 7. The molecule has 0 aliphatic heterocycles. The molecule has 2 aromatic heterocycles. The minimum absolute atomic E-state index is 0.231. The predicted molar refractivity (Wildman–Crippen MR) is 118 cm³/mol. The standard InChI is InChI=1S/C23H25FN6/c1-2-25-23(26-12-10-17-15-27-22-14-18(24)8-9-21(17)22)28-16-19-11-13-30(29-19)20-6-4-3-5-7-20/h3-9,11,13-15,27H,2,10,12,16H2,1H3,(H2,25,26,28). The summed E-state index contributed by atoms with van der Waals surface area (Å²) in [6.45, 7) is 4.02. The minimum Gasteiger partial charge on any atom is -0.361 e. The van der Waals surface area contributed by atoms with Gasteiger partial charge in [0, 0.05) is 36.4 Å². The van der Waals surface area contributed by atoms with Gasteiger partial charge in [-0.3, -0.25) is 0 Å². The number of aliphatic imine (C=N–C) groups is 1. The molecule has 0 bridgehead atoms. The van der Waals surface area contributed by atoms with Crippen molar-refractivity contribution < 1.29 is 4.39 Å². The number of aromatic nitrogens is 3. The fourth-order valence-electron chi connectivity index (χ4n) is 3.35. The van der Waals surface area contributed by atoms with Gasteiger partial charge < -0.3 is 15.6 Å². The normalized spacial score (nSPS) is 11.7. The van der Waals surface area contributed by atoms with Gasteiger partial charge in [0.25, 0.3) is 0 Å². The quantitative estimate of drug-likeness (QED) is 0.324. The Morgan fingerprint density at radius 2 is 2.00 bits per heavy atom. The van der Waals surface area contributed by atoms with Crippen LogP contribution in [-0.4, -0.2) is 33.8 Å². The van der Waals surface area contributed by atoms with Crippen molar-refractivity contribution in [3.05, 3.63) is 84.1 Å². The lowest BCUT2D eigenvalue weighted by molar-refractivity contribution is 0.629. The van der Waals surface area contributed by atoms with E-state index in [9.17, 15) is 4.39 Å². The Morgan fingerprint density at radius 1 is 1.13 bits per heavy atom. The van der Waals surface area contributed by atoms with Crippen LogP contribution in [0.15, 0.2) is 72.0 Å². The number of fused-ring (bicyclic) bond motifs is 1. The van der Waals surface area contributed by atoms with Crippen LogP contribution in [0, 0.1) is 5.82 Å². The molecule has 0 atom stereocenters. The molecule has 0 aliphatic rings. The van der Waals surface area contributed by atoms with Gasteiger partial charge in [0.15, 0.2) is 5.96 Å². The lowest BCUT2D eigenvalue weighted by Crippen LogP contribution is -2.38. The van der Waals surface area contributed by atoms with Gasteiger partial charge in [-0.05, 0) is 55.3 Å². The van der Waals surface area contributed by atoms with Crippen molar-refractivity contribution in [3.8, 4) is 5.69 Å². The van der Waals surface area contributed by atoms with Crippen molar-refractivity contribution in [2.75, 3.05) is 13.1 Å². The molecule has 7 heteroatoms. The average Bonchev–Trinajstić information content (AvgIpc) is 3.40. The maximum Gasteiger partial charge on any atom is 0.191 e. The van der Waals surface area contributed by atoms with Crippen molar-refractivity contribution >= 4 is 16.9 Å². The molecule has 0 spiro atoms. The van der Waals surface area contributed by atoms with Gasteiger partial charge in [0.1, 0.15) is 5.82 Å². The molecule has 0 amide bonds. The van der Waals surface area contributed by atoms with E-state index in [0.29, 0.717) is 13.1 Å². The highest BCUT2D eigenvalue weighted by molar-refractivity contribution is 5.83. The van der Waals surface area contributed by atoms with E-state index in [0.717, 1.165) is 46.8 Å². The Morgan fingerprint density at radius 3 is 2.83 bits per heavy atom. The topological polar surface area (TPSA) is 70.0 Å². The third-order valence-corrected chi connectivity index (χ3v) is 4.82. The fraction of sp³-hybridized carbons (Fsp3) is 0.217. The number of para-hydroxylation sites is 1. The zero-order chi connectivity index (χ0) is 20.8. The van der Waals surface area contributed by atoms with Crippen molar-refractivity contribution in [2.24, 2.45) is 4.99 Å². The van der Waals surface area contributed by atoms with E-state index in [1.807, 2.05) is 66.5 Å². The number of benzene rings is 2. The molecule has 2 heterocycles. The molecule has 4 aromatic rings. The zero-order valence-electron chi connectivity index (χ0n) is 16.9. The molecule has 3 N–H and O–H groups in total. The van der Waals surface area contributed by atoms with Gasteiger partial charge in [-0.25, -0.2) is 14.1 Å². The molecule has 6 nitrogen and oxygen atoms in total. The van der Waals surface area contributed by atoms with Crippen LogP contribution in [0.2, 0.25) is 0 Å². The molecular weight excluding hydrogens is 379 g/mol. The van der Waals surface area contributed by atoms with E-state index < -0.39 is 0 Å². The first-order valence-corrected chi connectivity index (χ1v) is 10.1. The first-order valence-electron chi connectivity index (χ1n) is 10.1. The highest BCUT2D eigenvalue weighted by atomic mass is 19.1. The molecule has 2 aromatic carbocycles. The Balaban J connectivity index is 1.36. The van der Waals surface area contributed by atoms with Crippen molar-refractivity contribution in [1.29, 1.82) is 0 Å². The summed E-state index contributed by atoms with van der Waals surface area (Å²) in [6, 6.07) is 16.8. The highest BCUT2D eigenvalue weighted by Crippen LogP contribution is 2.19. The van der Waals surface area contributed by atoms with Gasteiger partial charge in [0.2, 0.25) is 0 Å². The van der Waals surface area contributed by atoms with Crippen LogP contribution in [0.25, 0.3) is 16.6 Å². The number of hydrogen-bond acceptors (Lipinski definition) is 2. The summed E-state index contributed by atoms with van der Waals surface area (Å²) >= 11 is 0. The van der Waals surface area contributed by atoms with Crippen LogP contribution >= 0.6 is 0 Å². The van der Waals surface area contributed by atoms with Crippen LogP contribution < -0.4 is 10.6 Å². The maximum absolute atomic E-state index is 13.3. The molecular formula is C23H25FN6. The third-order valence-electron chi connectivity index (χ3n) is 4.82. The molecule has 30 heavy (non-hydrogen) atoms. The maximum atomic E-state index is 13.3. The number of hydrogen-bond donors (Lipinski definition) is 3. The summed E-state index contributed by atoms with van der Waals surface area (Å²) in [4.78, 5) is 7.78. The van der Waals surface area contributed by atoms with E-state index in [1.54, 1.807) is 0 Å². The fourth-order valence-corrected chi connectivity index (χ4v) is 3.35. The largest absolute Gasteiger partial charge is 0.361 e. The summed E-state index contributed by atoms with van der Waals surface area (Å²) in [5, 5.41) is 12.3. The van der Waals surface area contributed by atoms with Crippen LogP contribution in [0.1, 0.15) is 18.2 Å². The van der Waals surface area contributed by atoms with E-state index in [-0.39, 0.29) is 5.82 Å². The molecule has 4 rings (SSSR count). The van der Waals surface area contributed by atoms with Gasteiger partial charge in [-0.2, -0.15) is 5.10 Å². The Labute approximate surface area is 174 Å². The molecule has 154 valence electrons. The van der Waals surface area contributed by atoms with Gasteiger partial charge in [-0.15, -0.1) is 0 Å². The third kappa shape index (κ3) is 4.68. The highest BCUT2D eigenvalue weighted by Gasteiger charge is 2.06. The van der Waals surface area contributed by atoms with Crippen molar-refractivity contribution in [2.45, 2.75) is 19.9 Å². The average molecular weight is 404 g/mol. The van der Waals surface area contributed by atoms with Gasteiger partial charge in [0.05, 0.1) is 17.9 Å². The van der Waals surface area contributed by atoms with Crippen LogP contribution in [-0.2, 0) is 13.0 Å². The molecule has 0 radical (unpaired) electrons. The second kappa shape index (κ2) is 9.26. The van der Waals surface area contributed by atoms with E-state index in [1.165, 1.54) is 12.1 Å². The Hall–Kier alpha value is -3.61. The lowest BCUT2D eigenvalue weighted by atomic mass is 10.1. The van der Waals surface area contributed by atoms with Crippen molar-refractivity contribution in [3.63, 3.8) is 0 Å². The van der Waals surface area contributed by atoms with Gasteiger partial charge >= 0.3 is 0 Å². The number of H-pyrrole nitrogens is 1. The molecule has 0 saturated carbocycles. The Kier molecular flexibility index (Phi) is 6.08. The second-order valence-corrected chi connectivity index (χ2v) is 6.96. The molecule has 0 fully saturated rings. The van der Waals surface area contributed by atoms with Gasteiger partial charge in [-0.1, -0.05) is 18.2 Å². The lowest BCUT2D eigenvalue weighted by Gasteiger charge is -2.10. The Bertz CT molecular complexity index is 1130. The first-order chi connectivity index (χ1) is 14.7. The summed E-state index contributed by atoms with van der Waals surface area (Å²) < 4.78 is 15.2. The van der Waals surface area contributed by atoms with E-state index in [2.05, 4.69) is 25.7 Å². The van der Waals surface area contributed by atoms with E-state index >= 15 is 0 Å². The smallest absolute Gasteiger partial charge is 0.191 e. The van der Waals surface area contributed by atoms with Crippen LogP contribution in [0.4, 0.5) is 4.39 Å². The molecule has 0 unspecified atom stereocenters. The van der Waals surface area contributed by atoms with Crippen LogP contribution in [0.5, 0.6) is 0 Å². The number of nitrogens with one attached hydrogen (secondary N) is 3. The number of nitrogens with zero attached hydrogens (tertiary/aromatic N) is 3. The number of guanidine groups is 1. The predicted octanol–water partition coefficient (Wildman–Crippen LogP) is 3.79. The monoisotopic (exact) mass is 404 g/mol. The molecule has 0 saturated heterocycles. The van der Waals surface area contributed by atoms with Crippen LogP contribution in [0.3, 0.4) is 0 Å². The summed E-state index contributed by atoms with van der Waals surface area (Å²) in [6.07, 6.45) is 4.69. The SMILES string of the molecule is CCNC(=NCc1ccn(-c2ccccc2)n1)NCCc1c[nH]c2cc(F)ccc12.